The summed E-state index contributed by atoms with van der Waals surface area (Å²) in [5.41, 5.74) is 0. The zero-order valence-corrected chi connectivity index (χ0v) is 13.1. The summed E-state index contributed by atoms with van der Waals surface area (Å²) < 4.78 is 0. The Kier molecular flexibility index (Phi) is 4.60. The molecule has 0 radical (unpaired) electrons. The largest absolute Gasteiger partial charge is 0.341 e. The number of fused-ring (bicyclic) bond motifs is 1. The third kappa shape index (κ3) is 3.46. The van der Waals surface area contributed by atoms with Crippen molar-refractivity contribution < 1.29 is 9.59 Å². The summed E-state index contributed by atoms with van der Waals surface area (Å²) in [5.74, 6) is 1.24. The van der Waals surface area contributed by atoms with E-state index in [1.165, 1.54) is 25.8 Å². The van der Waals surface area contributed by atoms with Crippen LogP contribution in [0.25, 0.3) is 0 Å². The number of carbonyl (C=O) groups excluding carboxylic acids is 2. The normalized spacial score (nSPS) is 32.0. The maximum Gasteiger partial charge on any atom is 0.236 e. The number of Topliss-reactive ketones (excluding diaryl/α,β-unsaturated/α-hetero) is 1. The number of amides is 1. The summed E-state index contributed by atoms with van der Waals surface area (Å²) in [6.45, 7) is 5.11. The first-order valence-corrected chi connectivity index (χ1v) is 8.35. The second-order valence-corrected chi connectivity index (χ2v) is 6.89. The summed E-state index contributed by atoms with van der Waals surface area (Å²) >= 11 is 0. The van der Waals surface area contributed by atoms with Gasteiger partial charge in [0.15, 0.2) is 0 Å². The molecule has 5 heteroatoms. The first-order valence-electron chi connectivity index (χ1n) is 8.35. The molecule has 0 aliphatic carbocycles. The number of carbonyl (C=O) groups is 2. The molecule has 0 aromatic heterocycles. The average molecular weight is 293 g/mol. The number of ketones is 1. The van der Waals surface area contributed by atoms with Crippen molar-refractivity contribution in [1.82, 2.24) is 14.7 Å². The smallest absolute Gasteiger partial charge is 0.236 e. The van der Waals surface area contributed by atoms with Crippen molar-refractivity contribution >= 4 is 11.7 Å². The van der Waals surface area contributed by atoms with Crippen molar-refractivity contribution in [1.29, 1.82) is 0 Å². The standard InChI is InChI=1S/C16H27N3O2/c1-17-7-2-3-13-11-18(8-6-15(13)17)12-16(21)19-9-4-14(20)5-10-19/h13,15H,2-12H2,1H3. The minimum atomic E-state index is 0.213. The summed E-state index contributed by atoms with van der Waals surface area (Å²) in [7, 11) is 2.24. The molecule has 0 bridgehead atoms. The topological polar surface area (TPSA) is 43.9 Å². The Morgan fingerprint density at radius 3 is 2.67 bits per heavy atom. The van der Waals surface area contributed by atoms with Gasteiger partial charge in [0.1, 0.15) is 5.78 Å². The molecule has 2 atom stereocenters. The minimum Gasteiger partial charge on any atom is -0.341 e. The predicted octanol–water partition coefficient (Wildman–Crippen LogP) is 0.594. The fourth-order valence-electron chi connectivity index (χ4n) is 4.17. The monoisotopic (exact) mass is 293 g/mol. The van der Waals surface area contributed by atoms with E-state index in [4.69, 9.17) is 0 Å². The Balaban J connectivity index is 1.49. The molecule has 21 heavy (non-hydrogen) atoms. The quantitative estimate of drug-likeness (QED) is 0.748. The van der Waals surface area contributed by atoms with Gasteiger partial charge in [-0.1, -0.05) is 0 Å². The molecule has 0 N–H and O–H groups in total. The van der Waals surface area contributed by atoms with E-state index in [0.29, 0.717) is 38.3 Å². The van der Waals surface area contributed by atoms with Gasteiger partial charge in [-0.2, -0.15) is 0 Å². The van der Waals surface area contributed by atoms with Crippen LogP contribution in [0.4, 0.5) is 0 Å². The van der Waals surface area contributed by atoms with E-state index in [-0.39, 0.29) is 5.91 Å². The van der Waals surface area contributed by atoms with Crippen molar-refractivity contribution in [2.75, 3.05) is 46.3 Å². The van der Waals surface area contributed by atoms with Crippen LogP contribution in [0.2, 0.25) is 0 Å². The molecule has 1 amide bonds. The molecule has 0 saturated carbocycles. The highest BCUT2D eigenvalue weighted by Gasteiger charge is 2.35. The van der Waals surface area contributed by atoms with Crippen LogP contribution in [0.1, 0.15) is 32.1 Å². The number of piperidine rings is 3. The maximum atomic E-state index is 12.4. The second-order valence-electron chi connectivity index (χ2n) is 6.89. The molecule has 2 unspecified atom stereocenters. The van der Waals surface area contributed by atoms with Gasteiger partial charge >= 0.3 is 0 Å². The molecule has 3 saturated heterocycles. The summed E-state index contributed by atoms with van der Waals surface area (Å²) in [6, 6.07) is 0.720. The fraction of sp³-hybridized carbons (Fsp3) is 0.875. The summed E-state index contributed by atoms with van der Waals surface area (Å²) in [5, 5.41) is 0. The van der Waals surface area contributed by atoms with Crippen molar-refractivity contribution in [3.8, 4) is 0 Å². The number of hydrogen-bond donors (Lipinski definition) is 0. The lowest BCUT2D eigenvalue weighted by Gasteiger charge is -2.46. The molecule has 0 spiro atoms. The van der Waals surface area contributed by atoms with Gasteiger partial charge < -0.3 is 9.80 Å². The van der Waals surface area contributed by atoms with Gasteiger partial charge in [0.2, 0.25) is 5.91 Å². The van der Waals surface area contributed by atoms with Crippen LogP contribution in [0.15, 0.2) is 0 Å². The van der Waals surface area contributed by atoms with Crippen LogP contribution >= 0.6 is 0 Å². The lowest BCUT2D eigenvalue weighted by molar-refractivity contribution is -0.136. The first-order chi connectivity index (χ1) is 10.1. The van der Waals surface area contributed by atoms with Crippen LogP contribution in [-0.2, 0) is 9.59 Å². The molecule has 3 aliphatic heterocycles. The van der Waals surface area contributed by atoms with E-state index in [9.17, 15) is 9.59 Å². The number of nitrogens with zero attached hydrogens (tertiary/aromatic N) is 3. The van der Waals surface area contributed by atoms with Crippen molar-refractivity contribution in [3.05, 3.63) is 0 Å². The number of rotatable bonds is 2. The maximum absolute atomic E-state index is 12.4. The second kappa shape index (κ2) is 6.44. The van der Waals surface area contributed by atoms with E-state index in [2.05, 4.69) is 16.8 Å². The van der Waals surface area contributed by atoms with Gasteiger partial charge in [-0.3, -0.25) is 14.5 Å². The van der Waals surface area contributed by atoms with Gasteiger partial charge in [0.05, 0.1) is 6.54 Å². The van der Waals surface area contributed by atoms with Crippen LogP contribution < -0.4 is 0 Å². The molecule has 3 fully saturated rings. The minimum absolute atomic E-state index is 0.213. The SMILES string of the molecule is CN1CCCC2CN(CC(=O)N3CCC(=O)CC3)CCC21. The van der Waals surface area contributed by atoms with Gasteiger partial charge in [0.25, 0.3) is 0 Å². The molecule has 3 heterocycles. The summed E-state index contributed by atoms with van der Waals surface area (Å²) in [6.07, 6.45) is 4.86. The average Bonchev–Trinajstić information content (AvgIpc) is 2.48. The van der Waals surface area contributed by atoms with Gasteiger partial charge in [-0.15, -0.1) is 0 Å². The molecular formula is C16H27N3O2. The Morgan fingerprint density at radius 2 is 1.90 bits per heavy atom. The van der Waals surface area contributed by atoms with E-state index in [0.717, 1.165) is 25.0 Å². The highest BCUT2D eigenvalue weighted by atomic mass is 16.2. The highest BCUT2D eigenvalue weighted by molar-refractivity contribution is 5.84. The zero-order valence-electron chi connectivity index (χ0n) is 13.1. The van der Waals surface area contributed by atoms with Crippen molar-refractivity contribution in [2.24, 2.45) is 5.92 Å². The van der Waals surface area contributed by atoms with Crippen LogP contribution in [-0.4, -0.2) is 78.7 Å². The third-order valence-corrected chi connectivity index (χ3v) is 5.46. The first kappa shape index (κ1) is 15.0. The van der Waals surface area contributed by atoms with Gasteiger partial charge in [-0.05, 0) is 38.8 Å². The molecule has 0 aromatic rings. The Labute approximate surface area is 127 Å². The van der Waals surface area contributed by atoms with Gasteiger partial charge in [0, 0.05) is 45.1 Å². The third-order valence-electron chi connectivity index (χ3n) is 5.46. The van der Waals surface area contributed by atoms with Gasteiger partial charge in [-0.25, -0.2) is 0 Å². The zero-order chi connectivity index (χ0) is 14.8. The Bertz CT molecular complexity index is 402. The predicted molar refractivity (Wildman–Crippen MR) is 81.0 cm³/mol. The molecule has 118 valence electrons. The van der Waals surface area contributed by atoms with E-state index in [1.807, 2.05) is 4.90 Å². The summed E-state index contributed by atoms with van der Waals surface area (Å²) in [4.78, 5) is 30.3. The lowest BCUT2D eigenvalue weighted by Crippen LogP contribution is -2.54. The molecule has 0 aromatic carbocycles. The van der Waals surface area contributed by atoms with E-state index < -0.39 is 0 Å². The van der Waals surface area contributed by atoms with Crippen molar-refractivity contribution in [3.63, 3.8) is 0 Å². The Hall–Kier alpha value is -0.940. The van der Waals surface area contributed by atoms with E-state index >= 15 is 0 Å². The highest BCUT2D eigenvalue weighted by Crippen LogP contribution is 2.29. The number of likely N-dealkylation sites (tertiary alicyclic amines) is 3. The fourth-order valence-corrected chi connectivity index (χ4v) is 4.17. The van der Waals surface area contributed by atoms with Crippen molar-refractivity contribution in [2.45, 2.75) is 38.1 Å². The molecule has 3 aliphatic rings. The molecule has 3 rings (SSSR count). The molecular weight excluding hydrogens is 266 g/mol. The van der Waals surface area contributed by atoms with Crippen LogP contribution in [0.5, 0.6) is 0 Å². The lowest BCUT2D eigenvalue weighted by atomic mass is 9.84. The van der Waals surface area contributed by atoms with E-state index in [1.54, 1.807) is 0 Å². The Morgan fingerprint density at radius 1 is 1.14 bits per heavy atom. The number of hydrogen-bond acceptors (Lipinski definition) is 4. The molecule has 5 nitrogen and oxygen atoms in total. The van der Waals surface area contributed by atoms with Crippen LogP contribution in [0, 0.1) is 5.92 Å². The van der Waals surface area contributed by atoms with Crippen LogP contribution in [0.3, 0.4) is 0 Å².